The van der Waals surface area contributed by atoms with Crippen LogP contribution in [0, 0.1) is 0 Å². The van der Waals surface area contributed by atoms with Crippen molar-refractivity contribution >= 4 is 17.5 Å². The Kier molecular flexibility index (Phi) is 7.02. The first-order valence-corrected chi connectivity index (χ1v) is 7.03. The Bertz CT molecular complexity index is 604. The van der Waals surface area contributed by atoms with Crippen molar-refractivity contribution in [3.63, 3.8) is 0 Å². The van der Waals surface area contributed by atoms with Crippen molar-refractivity contribution in [2.24, 2.45) is 0 Å². The molecule has 0 aliphatic heterocycles. The van der Waals surface area contributed by atoms with Crippen LogP contribution in [0.4, 0.5) is 0 Å². The summed E-state index contributed by atoms with van der Waals surface area (Å²) in [5.41, 5.74) is 1.63. The molecule has 0 amide bonds. The molecular formula is C17H21NO5. The predicted molar refractivity (Wildman–Crippen MR) is 87.0 cm³/mol. The molecule has 1 aromatic carbocycles. The van der Waals surface area contributed by atoms with E-state index in [2.05, 4.69) is 6.58 Å². The summed E-state index contributed by atoms with van der Waals surface area (Å²) in [4.78, 5) is 24.1. The van der Waals surface area contributed by atoms with Gasteiger partial charge in [0.05, 0.1) is 0 Å². The largest absolute Gasteiger partial charge is 0.508 e. The standard InChI is InChI=1S/C17H21NO5/c1-12(2)17(22)23-9-8-18(3)11-14(10-16(20)21)13-4-6-15(19)7-5-13/h4-7,10,19H,1,8-9,11H2,2-3H3,(H,20,21)/b14-10+. The third kappa shape index (κ3) is 6.80. The molecule has 0 atom stereocenters. The topological polar surface area (TPSA) is 87.1 Å². The fourth-order valence-electron chi connectivity index (χ4n) is 1.83. The van der Waals surface area contributed by atoms with E-state index in [4.69, 9.17) is 9.84 Å². The summed E-state index contributed by atoms with van der Waals surface area (Å²) in [5.74, 6) is -1.38. The van der Waals surface area contributed by atoms with Crippen molar-refractivity contribution in [2.75, 3.05) is 26.7 Å². The molecule has 23 heavy (non-hydrogen) atoms. The molecule has 0 bridgehead atoms. The van der Waals surface area contributed by atoms with Gasteiger partial charge in [0.2, 0.25) is 0 Å². The van der Waals surface area contributed by atoms with Gasteiger partial charge in [0, 0.05) is 24.7 Å². The van der Waals surface area contributed by atoms with E-state index in [1.54, 1.807) is 26.1 Å². The molecule has 0 aliphatic rings. The number of ether oxygens (including phenoxy) is 1. The zero-order chi connectivity index (χ0) is 17.4. The lowest BCUT2D eigenvalue weighted by Gasteiger charge is -2.18. The fraction of sp³-hybridized carbons (Fsp3) is 0.294. The van der Waals surface area contributed by atoms with Crippen LogP contribution in [0.2, 0.25) is 0 Å². The number of esters is 1. The molecule has 0 radical (unpaired) electrons. The van der Waals surface area contributed by atoms with E-state index in [9.17, 15) is 14.7 Å². The second kappa shape index (κ2) is 8.75. The van der Waals surface area contributed by atoms with Gasteiger partial charge < -0.3 is 14.9 Å². The Balaban J connectivity index is 2.67. The van der Waals surface area contributed by atoms with E-state index in [1.165, 1.54) is 12.1 Å². The lowest BCUT2D eigenvalue weighted by molar-refractivity contribution is -0.139. The summed E-state index contributed by atoms with van der Waals surface area (Å²) in [6.45, 7) is 6.08. The summed E-state index contributed by atoms with van der Waals surface area (Å²) < 4.78 is 5.01. The van der Waals surface area contributed by atoms with Crippen molar-refractivity contribution in [3.05, 3.63) is 48.1 Å². The van der Waals surface area contributed by atoms with E-state index >= 15 is 0 Å². The van der Waals surface area contributed by atoms with Crippen LogP contribution in [0.25, 0.3) is 5.57 Å². The quantitative estimate of drug-likeness (QED) is 0.562. The Hall–Kier alpha value is -2.60. The van der Waals surface area contributed by atoms with Crippen LogP contribution >= 0.6 is 0 Å². The van der Waals surface area contributed by atoms with Gasteiger partial charge in [0.25, 0.3) is 0 Å². The summed E-state index contributed by atoms with van der Waals surface area (Å²) in [6, 6.07) is 6.30. The number of carboxylic acid groups (broad SMARTS) is 1. The van der Waals surface area contributed by atoms with Crippen LogP contribution in [0.1, 0.15) is 12.5 Å². The maximum absolute atomic E-state index is 11.3. The molecule has 6 nitrogen and oxygen atoms in total. The zero-order valence-corrected chi connectivity index (χ0v) is 13.3. The molecule has 0 heterocycles. The van der Waals surface area contributed by atoms with Gasteiger partial charge in [-0.3, -0.25) is 4.90 Å². The number of nitrogens with zero attached hydrogens (tertiary/aromatic N) is 1. The smallest absolute Gasteiger partial charge is 0.333 e. The maximum Gasteiger partial charge on any atom is 0.333 e. The number of carbonyl (C=O) groups excluding carboxylic acids is 1. The van der Waals surface area contributed by atoms with Crippen LogP contribution in [-0.4, -0.2) is 53.8 Å². The number of carbonyl (C=O) groups is 2. The van der Waals surface area contributed by atoms with E-state index in [0.29, 0.717) is 29.8 Å². The lowest BCUT2D eigenvalue weighted by Crippen LogP contribution is -2.26. The number of rotatable bonds is 8. The van der Waals surface area contributed by atoms with Crippen molar-refractivity contribution in [3.8, 4) is 5.75 Å². The van der Waals surface area contributed by atoms with Gasteiger partial charge in [-0.05, 0) is 37.2 Å². The normalized spacial score (nSPS) is 11.3. The molecule has 0 spiro atoms. The number of aliphatic carboxylic acids is 1. The highest BCUT2D eigenvalue weighted by Crippen LogP contribution is 2.18. The average Bonchev–Trinajstić information content (AvgIpc) is 2.46. The van der Waals surface area contributed by atoms with E-state index in [1.807, 2.05) is 4.90 Å². The first-order chi connectivity index (χ1) is 10.8. The number of hydrogen-bond donors (Lipinski definition) is 2. The molecular weight excluding hydrogens is 298 g/mol. The Morgan fingerprint density at radius 1 is 1.30 bits per heavy atom. The molecule has 2 N–H and O–H groups in total. The van der Waals surface area contributed by atoms with Gasteiger partial charge in [-0.15, -0.1) is 0 Å². The van der Waals surface area contributed by atoms with Crippen molar-refractivity contribution in [1.82, 2.24) is 4.90 Å². The molecule has 0 aliphatic carbocycles. The average molecular weight is 319 g/mol. The molecule has 1 aromatic rings. The Morgan fingerprint density at radius 3 is 2.43 bits per heavy atom. The van der Waals surface area contributed by atoms with Crippen LogP contribution < -0.4 is 0 Å². The summed E-state index contributed by atoms with van der Waals surface area (Å²) in [6.07, 6.45) is 1.13. The van der Waals surface area contributed by atoms with Crippen LogP contribution in [0.15, 0.2) is 42.5 Å². The molecule has 0 saturated carbocycles. The number of likely N-dealkylation sites (N-methyl/N-ethyl adjacent to an activating group) is 1. The summed E-state index contributed by atoms with van der Waals surface area (Å²) in [5, 5.41) is 18.3. The van der Waals surface area contributed by atoms with Crippen LogP contribution in [-0.2, 0) is 14.3 Å². The molecule has 124 valence electrons. The summed E-state index contributed by atoms with van der Waals surface area (Å²) >= 11 is 0. The number of benzene rings is 1. The first kappa shape index (κ1) is 18.4. The monoisotopic (exact) mass is 319 g/mol. The van der Waals surface area contributed by atoms with E-state index in [-0.39, 0.29) is 12.4 Å². The number of phenols is 1. The Morgan fingerprint density at radius 2 is 1.91 bits per heavy atom. The van der Waals surface area contributed by atoms with Crippen molar-refractivity contribution in [2.45, 2.75) is 6.92 Å². The van der Waals surface area contributed by atoms with Crippen molar-refractivity contribution in [1.29, 1.82) is 0 Å². The van der Waals surface area contributed by atoms with E-state index < -0.39 is 11.9 Å². The van der Waals surface area contributed by atoms with E-state index in [0.717, 1.165) is 6.08 Å². The van der Waals surface area contributed by atoms with Gasteiger partial charge >= 0.3 is 11.9 Å². The molecule has 6 heteroatoms. The third-order valence-corrected chi connectivity index (χ3v) is 3.03. The lowest BCUT2D eigenvalue weighted by atomic mass is 10.0. The van der Waals surface area contributed by atoms with Gasteiger partial charge in [0.15, 0.2) is 0 Å². The molecule has 0 aromatic heterocycles. The summed E-state index contributed by atoms with van der Waals surface area (Å²) in [7, 11) is 1.80. The highest BCUT2D eigenvalue weighted by molar-refractivity contribution is 5.90. The maximum atomic E-state index is 11.3. The molecule has 0 unspecified atom stereocenters. The fourth-order valence-corrected chi connectivity index (χ4v) is 1.83. The minimum Gasteiger partial charge on any atom is -0.508 e. The Labute approximate surface area is 135 Å². The number of aromatic hydroxyl groups is 1. The first-order valence-electron chi connectivity index (χ1n) is 7.03. The SMILES string of the molecule is C=C(C)C(=O)OCCN(C)C/C(=C\C(=O)O)c1ccc(O)cc1. The second-order valence-corrected chi connectivity index (χ2v) is 5.21. The van der Waals surface area contributed by atoms with Gasteiger partial charge in [-0.25, -0.2) is 9.59 Å². The number of hydrogen-bond acceptors (Lipinski definition) is 5. The third-order valence-electron chi connectivity index (χ3n) is 3.03. The van der Waals surface area contributed by atoms with Gasteiger partial charge in [0.1, 0.15) is 12.4 Å². The van der Waals surface area contributed by atoms with Crippen LogP contribution in [0.5, 0.6) is 5.75 Å². The van der Waals surface area contributed by atoms with Crippen molar-refractivity contribution < 1.29 is 24.5 Å². The minimum absolute atomic E-state index is 0.114. The number of phenolic OH excluding ortho intramolecular Hbond substituents is 1. The highest BCUT2D eigenvalue weighted by Gasteiger charge is 2.09. The molecule has 0 fully saturated rings. The van der Waals surface area contributed by atoms with Crippen LogP contribution in [0.3, 0.4) is 0 Å². The second-order valence-electron chi connectivity index (χ2n) is 5.21. The van der Waals surface area contributed by atoms with Gasteiger partial charge in [-0.2, -0.15) is 0 Å². The predicted octanol–water partition coefficient (Wildman–Crippen LogP) is 1.91. The highest BCUT2D eigenvalue weighted by atomic mass is 16.5. The van der Waals surface area contributed by atoms with Gasteiger partial charge in [-0.1, -0.05) is 18.7 Å². The zero-order valence-electron chi connectivity index (χ0n) is 13.3. The minimum atomic E-state index is -1.05. The molecule has 0 saturated heterocycles. The molecule has 1 rings (SSSR count). The number of carboxylic acids is 1.